The summed E-state index contributed by atoms with van der Waals surface area (Å²) in [6, 6.07) is 3.29. The average Bonchev–Trinajstić information content (AvgIpc) is 2.39. The molecule has 0 aliphatic carbocycles. The SMILES string of the molecule is Cc1ccc(C2(O)CCN([C@@H](C)C(=O)O)CC2)nc1. The zero-order valence-corrected chi connectivity index (χ0v) is 11.3. The van der Waals surface area contributed by atoms with E-state index in [2.05, 4.69) is 4.98 Å². The third-order valence-corrected chi connectivity index (χ3v) is 3.92. The van der Waals surface area contributed by atoms with E-state index in [9.17, 15) is 9.90 Å². The minimum Gasteiger partial charge on any atom is -0.480 e. The Hall–Kier alpha value is -1.46. The Morgan fingerprint density at radius 3 is 2.53 bits per heavy atom. The van der Waals surface area contributed by atoms with Gasteiger partial charge in [-0.25, -0.2) is 0 Å². The smallest absolute Gasteiger partial charge is 0.320 e. The summed E-state index contributed by atoms with van der Waals surface area (Å²) in [4.78, 5) is 17.1. The zero-order chi connectivity index (χ0) is 14.0. The molecule has 1 atom stereocenters. The van der Waals surface area contributed by atoms with Gasteiger partial charge in [0.25, 0.3) is 0 Å². The van der Waals surface area contributed by atoms with Crippen LogP contribution in [-0.2, 0) is 10.4 Å². The Balaban J connectivity index is 2.05. The van der Waals surface area contributed by atoms with Crippen molar-refractivity contribution in [2.24, 2.45) is 0 Å². The van der Waals surface area contributed by atoms with E-state index in [1.54, 1.807) is 13.1 Å². The second-order valence-electron chi connectivity index (χ2n) is 5.30. The van der Waals surface area contributed by atoms with Gasteiger partial charge in [0.15, 0.2) is 0 Å². The molecule has 0 spiro atoms. The van der Waals surface area contributed by atoms with E-state index in [4.69, 9.17) is 5.11 Å². The van der Waals surface area contributed by atoms with Crippen LogP contribution >= 0.6 is 0 Å². The average molecular weight is 264 g/mol. The van der Waals surface area contributed by atoms with E-state index < -0.39 is 17.6 Å². The highest BCUT2D eigenvalue weighted by atomic mass is 16.4. The van der Waals surface area contributed by atoms with Gasteiger partial charge in [0.2, 0.25) is 0 Å². The number of hydrogen-bond acceptors (Lipinski definition) is 4. The number of hydrogen-bond donors (Lipinski definition) is 2. The fraction of sp³-hybridized carbons (Fsp3) is 0.571. The number of carboxylic acids is 1. The first-order chi connectivity index (χ1) is 8.92. The molecule has 1 fully saturated rings. The van der Waals surface area contributed by atoms with Crippen molar-refractivity contribution >= 4 is 5.97 Å². The summed E-state index contributed by atoms with van der Waals surface area (Å²) in [7, 11) is 0. The summed E-state index contributed by atoms with van der Waals surface area (Å²) in [5, 5.41) is 19.6. The van der Waals surface area contributed by atoms with Gasteiger partial charge in [0.1, 0.15) is 11.6 Å². The standard InChI is InChI=1S/C14H20N2O3/c1-10-3-4-12(15-9-10)14(19)5-7-16(8-6-14)11(2)13(17)18/h3-4,9,11,19H,5-8H2,1-2H3,(H,17,18)/t11-/m0/s1. The molecule has 19 heavy (non-hydrogen) atoms. The van der Waals surface area contributed by atoms with E-state index in [1.165, 1.54) is 0 Å². The van der Waals surface area contributed by atoms with Crippen molar-refractivity contribution in [3.05, 3.63) is 29.6 Å². The van der Waals surface area contributed by atoms with Gasteiger partial charge in [-0.2, -0.15) is 0 Å². The topological polar surface area (TPSA) is 73.7 Å². The van der Waals surface area contributed by atoms with Crippen molar-refractivity contribution in [3.63, 3.8) is 0 Å². The van der Waals surface area contributed by atoms with E-state index in [0.29, 0.717) is 31.6 Å². The van der Waals surface area contributed by atoms with Gasteiger partial charge in [-0.05, 0) is 38.3 Å². The number of nitrogens with zero attached hydrogens (tertiary/aromatic N) is 2. The molecule has 0 radical (unpaired) electrons. The molecule has 0 aromatic carbocycles. The van der Waals surface area contributed by atoms with Crippen LogP contribution < -0.4 is 0 Å². The quantitative estimate of drug-likeness (QED) is 0.856. The summed E-state index contributed by atoms with van der Waals surface area (Å²) in [5.74, 6) is -0.820. The van der Waals surface area contributed by atoms with Gasteiger partial charge in [-0.1, -0.05) is 6.07 Å². The lowest BCUT2D eigenvalue weighted by molar-refractivity contribution is -0.144. The van der Waals surface area contributed by atoms with E-state index >= 15 is 0 Å². The van der Waals surface area contributed by atoms with Crippen molar-refractivity contribution in [1.29, 1.82) is 0 Å². The molecule has 1 saturated heterocycles. The van der Waals surface area contributed by atoms with Gasteiger partial charge in [0.05, 0.1) is 5.69 Å². The third kappa shape index (κ3) is 2.93. The van der Waals surface area contributed by atoms with Crippen LogP contribution in [0.2, 0.25) is 0 Å². The molecule has 2 rings (SSSR count). The maximum Gasteiger partial charge on any atom is 0.320 e. The van der Waals surface area contributed by atoms with Crippen molar-refractivity contribution in [2.45, 2.75) is 38.3 Å². The molecule has 104 valence electrons. The van der Waals surface area contributed by atoms with Crippen LogP contribution in [0.4, 0.5) is 0 Å². The number of aromatic nitrogens is 1. The van der Waals surface area contributed by atoms with E-state index in [-0.39, 0.29) is 0 Å². The number of rotatable bonds is 3. The maximum atomic E-state index is 11.0. The Morgan fingerprint density at radius 1 is 1.42 bits per heavy atom. The minimum atomic E-state index is -0.928. The summed E-state index contributed by atoms with van der Waals surface area (Å²) in [6.45, 7) is 4.77. The molecule has 1 aliphatic heterocycles. The van der Waals surface area contributed by atoms with Gasteiger partial charge in [0, 0.05) is 19.3 Å². The molecule has 1 aromatic heterocycles. The predicted molar refractivity (Wildman–Crippen MR) is 70.8 cm³/mol. The number of aliphatic hydroxyl groups is 1. The van der Waals surface area contributed by atoms with E-state index in [0.717, 1.165) is 5.56 Å². The number of piperidine rings is 1. The predicted octanol–water partition coefficient (Wildman–Crippen LogP) is 1.15. The van der Waals surface area contributed by atoms with Gasteiger partial charge in [-0.15, -0.1) is 0 Å². The summed E-state index contributed by atoms with van der Waals surface area (Å²) in [5.41, 5.74) is 0.813. The Kier molecular flexibility index (Phi) is 3.87. The Labute approximate surface area is 112 Å². The van der Waals surface area contributed by atoms with Crippen LogP contribution in [0.15, 0.2) is 18.3 Å². The largest absolute Gasteiger partial charge is 0.480 e. The molecule has 0 saturated carbocycles. The lowest BCUT2D eigenvalue weighted by Gasteiger charge is -2.39. The second kappa shape index (κ2) is 5.27. The Morgan fingerprint density at radius 2 is 2.05 bits per heavy atom. The van der Waals surface area contributed by atoms with Gasteiger partial charge in [-0.3, -0.25) is 14.7 Å². The number of aryl methyl sites for hydroxylation is 1. The highest BCUT2D eigenvalue weighted by Gasteiger charge is 2.37. The first-order valence-electron chi connectivity index (χ1n) is 6.55. The van der Waals surface area contributed by atoms with Crippen LogP contribution in [0.3, 0.4) is 0 Å². The molecule has 5 nitrogen and oxygen atoms in total. The van der Waals surface area contributed by atoms with Crippen LogP contribution in [0.1, 0.15) is 31.0 Å². The van der Waals surface area contributed by atoms with Crippen LogP contribution in [0.25, 0.3) is 0 Å². The van der Waals surface area contributed by atoms with Crippen molar-refractivity contribution in [3.8, 4) is 0 Å². The monoisotopic (exact) mass is 264 g/mol. The number of aliphatic carboxylic acids is 1. The summed E-state index contributed by atoms with van der Waals surface area (Å²) >= 11 is 0. The number of carbonyl (C=O) groups is 1. The van der Waals surface area contributed by atoms with Gasteiger partial charge >= 0.3 is 5.97 Å². The zero-order valence-electron chi connectivity index (χ0n) is 11.3. The molecule has 2 heterocycles. The van der Waals surface area contributed by atoms with Crippen LogP contribution in [0.5, 0.6) is 0 Å². The molecule has 2 N–H and O–H groups in total. The normalized spacial score (nSPS) is 21.0. The van der Waals surface area contributed by atoms with Crippen molar-refractivity contribution in [2.75, 3.05) is 13.1 Å². The van der Waals surface area contributed by atoms with Crippen molar-refractivity contribution in [1.82, 2.24) is 9.88 Å². The van der Waals surface area contributed by atoms with Crippen molar-refractivity contribution < 1.29 is 15.0 Å². The molecular weight excluding hydrogens is 244 g/mol. The summed E-state index contributed by atoms with van der Waals surface area (Å²) < 4.78 is 0. The fourth-order valence-electron chi connectivity index (χ4n) is 2.44. The molecular formula is C14H20N2O3. The number of likely N-dealkylation sites (tertiary alicyclic amines) is 1. The first-order valence-corrected chi connectivity index (χ1v) is 6.55. The summed E-state index contributed by atoms with van der Waals surface area (Å²) in [6.07, 6.45) is 2.78. The molecule has 0 amide bonds. The molecule has 5 heteroatoms. The number of pyridine rings is 1. The van der Waals surface area contributed by atoms with Crippen LogP contribution in [0, 0.1) is 6.92 Å². The molecule has 0 unspecified atom stereocenters. The first kappa shape index (κ1) is 14.0. The Bertz CT molecular complexity index is 450. The minimum absolute atomic E-state index is 0.504. The number of carboxylic acid groups (broad SMARTS) is 1. The van der Waals surface area contributed by atoms with Crippen LogP contribution in [-0.4, -0.2) is 45.2 Å². The molecule has 1 aliphatic rings. The van der Waals surface area contributed by atoms with Gasteiger partial charge < -0.3 is 10.2 Å². The highest BCUT2D eigenvalue weighted by molar-refractivity contribution is 5.72. The lowest BCUT2D eigenvalue weighted by Crippen LogP contribution is -2.48. The molecule has 0 bridgehead atoms. The fourth-order valence-corrected chi connectivity index (χ4v) is 2.44. The second-order valence-corrected chi connectivity index (χ2v) is 5.30. The lowest BCUT2D eigenvalue weighted by atomic mass is 9.87. The van der Waals surface area contributed by atoms with E-state index in [1.807, 2.05) is 24.0 Å². The maximum absolute atomic E-state index is 11.0. The molecule has 1 aromatic rings. The third-order valence-electron chi connectivity index (χ3n) is 3.92. The highest BCUT2D eigenvalue weighted by Crippen LogP contribution is 2.32.